The predicted octanol–water partition coefficient (Wildman–Crippen LogP) is 4.44. The molecular weight excluding hydrogens is 475 g/mol. The Kier molecular flexibility index (Phi) is 6.08. The number of imidazole rings is 1. The number of nitrogens with zero attached hydrogens (tertiary/aromatic N) is 4. The molecule has 1 amide bonds. The molecule has 1 saturated carbocycles. The van der Waals surface area contributed by atoms with E-state index in [1.54, 1.807) is 19.3 Å². The van der Waals surface area contributed by atoms with E-state index in [2.05, 4.69) is 15.2 Å². The summed E-state index contributed by atoms with van der Waals surface area (Å²) >= 11 is 12.8. The number of benzene rings is 1. The van der Waals surface area contributed by atoms with E-state index < -0.39 is 6.09 Å². The quantitative estimate of drug-likeness (QED) is 0.549. The molecular formula is C24H28Cl2N6O2. The molecule has 1 aliphatic carbocycles. The Balaban J connectivity index is 1.41. The molecule has 1 spiro atoms. The van der Waals surface area contributed by atoms with Crippen LogP contribution in [-0.4, -0.2) is 52.7 Å². The van der Waals surface area contributed by atoms with E-state index in [1.807, 2.05) is 29.7 Å². The lowest BCUT2D eigenvalue weighted by atomic mass is 9.74. The number of anilines is 1. The van der Waals surface area contributed by atoms with Crippen LogP contribution in [0.3, 0.4) is 0 Å². The molecule has 1 aromatic carbocycles. The van der Waals surface area contributed by atoms with Crippen LogP contribution in [0.1, 0.15) is 31.4 Å². The van der Waals surface area contributed by atoms with Gasteiger partial charge in [-0.05, 0) is 37.7 Å². The molecule has 180 valence electrons. The lowest BCUT2D eigenvalue weighted by molar-refractivity contribution is 0.0899. The Morgan fingerprint density at radius 3 is 2.79 bits per heavy atom. The molecule has 5 rings (SSSR count). The molecule has 3 aromatic rings. The Hall–Kier alpha value is -2.55. The van der Waals surface area contributed by atoms with Gasteiger partial charge in [0.05, 0.1) is 15.7 Å². The van der Waals surface area contributed by atoms with Gasteiger partial charge in [0.25, 0.3) is 0 Å². The first-order valence-corrected chi connectivity index (χ1v) is 12.3. The summed E-state index contributed by atoms with van der Waals surface area (Å²) in [7, 11) is 1.57. The Bertz CT molecular complexity index is 1240. The number of hydrogen-bond acceptors (Lipinski definition) is 6. The van der Waals surface area contributed by atoms with Crippen LogP contribution in [0, 0.1) is 12.3 Å². The summed E-state index contributed by atoms with van der Waals surface area (Å²) in [5.41, 5.74) is 9.87. The zero-order valence-corrected chi connectivity index (χ0v) is 20.7. The molecule has 1 saturated heterocycles. The fourth-order valence-electron chi connectivity index (χ4n) is 5.56. The SMILES string of the molecule is CNC(=O)OC1CC(N)C2(CCN(c3nc(C)c(-c4cccc(Cl)c4Cl)c4nccn34)CC2)C1. The van der Waals surface area contributed by atoms with Gasteiger partial charge in [-0.15, -0.1) is 0 Å². The number of nitrogens with two attached hydrogens (primary N) is 1. The Morgan fingerprint density at radius 2 is 2.06 bits per heavy atom. The highest BCUT2D eigenvalue weighted by molar-refractivity contribution is 6.43. The monoisotopic (exact) mass is 502 g/mol. The van der Waals surface area contributed by atoms with Gasteiger partial charge in [-0.3, -0.25) is 4.40 Å². The zero-order valence-electron chi connectivity index (χ0n) is 19.2. The predicted molar refractivity (Wildman–Crippen MR) is 134 cm³/mol. The second-order valence-corrected chi connectivity index (χ2v) is 10.1. The number of nitrogens with one attached hydrogen (secondary N) is 1. The minimum atomic E-state index is -0.395. The topological polar surface area (TPSA) is 97.8 Å². The number of ether oxygens (including phenoxy) is 1. The molecule has 2 aliphatic rings. The van der Waals surface area contributed by atoms with Gasteiger partial charge >= 0.3 is 6.09 Å². The minimum Gasteiger partial charge on any atom is -0.446 e. The lowest BCUT2D eigenvalue weighted by Crippen LogP contribution is -2.47. The van der Waals surface area contributed by atoms with Gasteiger partial charge in [-0.2, -0.15) is 0 Å². The minimum absolute atomic E-state index is 0.0135. The molecule has 2 aromatic heterocycles. The third kappa shape index (κ3) is 3.87. The highest BCUT2D eigenvalue weighted by Gasteiger charge is 2.48. The summed E-state index contributed by atoms with van der Waals surface area (Å²) in [6.07, 6.45) is 6.51. The summed E-state index contributed by atoms with van der Waals surface area (Å²) in [5, 5.41) is 3.52. The molecule has 3 heterocycles. The second kappa shape index (κ2) is 8.91. The fourth-order valence-corrected chi connectivity index (χ4v) is 5.95. The molecule has 1 aliphatic heterocycles. The average Bonchev–Trinajstić information content (AvgIpc) is 3.41. The van der Waals surface area contributed by atoms with E-state index in [0.717, 1.165) is 60.8 Å². The van der Waals surface area contributed by atoms with Crippen molar-refractivity contribution in [2.24, 2.45) is 11.1 Å². The molecule has 8 nitrogen and oxygen atoms in total. The van der Waals surface area contributed by atoms with E-state index in [0.29, 0.717) is 16.5 Å². The summed E-state index contributed by atoms with van der Waals surface area (Å²) < 4.78 is 7.54. The van der Waals surface area contributed by atoms with Gasteiger partial charge in [0, 0.05) is 56.1 Å². The number of amides is 1. The number of alkyl carbamates (subject to hydrolysis) is 1. The van der Waals surface area contributed by atoms with E-state index in [-0.39, 0.29) is 17.6 Å². The van der Waals surface area contributed by atoms with Crippen LogP contribution in [0.5, 0.6) is 0 Å². The number of piperidine rings is 1. The Labute approximate surface area is 208 Å². The number of aromatic nitrogens is 3. The number of carbonyl (C=O) groups excluding carboxylic acids is 1. The second-order valence-electron chi connectivity index (χ2n) is 9.27. The van der Waals surface area contributed by atoms with Crippen molar-refractivity contribution >= 4 is 40.9 Å². The van der Waals surface area contributed by atoms with Crippen molar-refractivity contribution in [2.45, 2.75) is 44.8 Å². The molecule has 0 bridgehead atoms. The molecule has 34 heavy (non-hydrogen) atoms. The van der Waals surface area contributed by atoms with Crippen molar-refractivity contribution in [3.63, 3.8) is 0 Å². The van der Waals surface area contributed by atoms with Gasteiger partial charge in [-0.1, -0.05) is 35.3 Å². The molecule has 2 atom stereocenters. The van der Waals surface area contributed by atoms with Crippen molar-refractivity contribution in [1.82, 2.24) is 19.7 Å². The van der Waals surface area contributed by atoms with Crippen molar-refractivity contribution in [3.8, 4) is 11.1 Å². The van der Waals surface area contributed by atoms with Crippen LogP contribution < -0.4 is 16.0 Å². The first-order chi connectivity index (χ1) is 16.3. The molecule has 2 unspecified atom stereocenters. The molecule has 10 heteroatoms. The van der Waals surface area contributed by atoms with Gasteiger partial charge in [0.1, 0.15) is 11.8 Å². The first-order valence-electron chi connectivity index (χ1n) is 11.5. The molecule has 2 fully saturated rings. The number of fused-ring (bicyclic) bond motifs is 1. The zero-order chi connectivity index (χ0) is 24.0. The third-order valence-electron chi connectivity index (χ3n) is 7.39. The summed E-state index contributed by atoms with van der Waals surface area (Å²) in [4.78, 5) is 23.6. The van der Waals surface area contributed by atoms with E-state index in [9.17, 15) is 4.79 Å². The first kappa shape index (κ1) is 23.2. The normalized spacial score (nSPS) is 21.9. The van der Waals surface area contributed by atoms with E-state index in [1.165, 1.54) is 0 Å². The Morgan fingerprint density at radius 1 is 1.29 bits per heavy atom. The largest absolute Gasteiger partial charge is 0.446 e. The number of rotatable bonds is 3. The van der Waals surface area contributed by atoms with Gasteiger partial charge < -0.3 is 20.7 Å². The van der Waals surface area contributed by atoms with Crippen molar-refractivity contribution in [1.29, 1.82) is 0 Å². The van der Waals surface area contributed by atoms with Gasteiger partial charge in [0.2, 0.25) is 5.95 Å². The standard InChI is InChI=1S/C24H28Cl2N6O2/c1-14-19(16-4-3-5-17(25)20(16)26)21-29-8-11-32(21)22(30-14)31-9-6-24(7-10-31)13-15(12-18(24)27)34-23(33)28-2/h3-5,8,11,15,18H,6-7,9-10,12-13,27H2,1-2H3,(H,28,33). The van der Waals surface area contributed by atoms with Crippen LogP contribution in [0.4, 0.5) is 10.7 Å². The maximum Gasteiger partial charge on any atom is 0.407 e. The van der Waals surface area contributed by atoms with E-state index in [4.69, 9.17) is 38.7 Å². The third-order valence-corrected chi connectivity index (χ3v) is 8.21. The number of halogens is 2. The van der Waals surface area contributed by atoms with Crippen molar-refractivity contribution in [2.75, 3.05) is 25.0 Å². The number of aryl methyl sites for hydroxylation is 1. The maximum atomic E-state index is 11.7. The lowest BCUT2D eigenvalue weighted by Gasteiger charge is -2.42. The van der Waals surface area contributed by atoms with Crippen molar-refractivity contribution < 1.29 is 9.53 Å². The van der Waals surface area contributed by atoms with Crippen molar-refractivity contribution in [3.05, 3.63) is 46.3 Å². The van der Waals surface area contributed by atoms with Crippen LogP contribution in [0.25, 0.3) is 16.8 Å². The number of hydrogen-bond donors (Lipinski definition) is 2. The van der Waals surface area contributed by atoms with Crippen LogP contribution in [0.15, 0.2) is 30.6 Å². The summed E-state index contributed by atoms with van der Waals surface area (Å²) in [6.45, 7) is 3.61. The summed E-state index contributed by atoms with van der Waals surface area (Å²) in [5.74, 6) is 0.853. The summed E-state index contributed by atoms with van der Waals surface area (Å²) in [6, 6.07) is 5.61. The average molecular weight is 503 g/mol. The van der Waals surface area contributed by atoms with Crippen LogP contribution in [-0.2, 0) is 4.74 Å². The van der Waals surface area contributed by atoms with Gasteiger partial charge in [-0.25, -0.2) is 14.8 Å². The highest BCUT2D eigenvalue weighted by Crippen LogP contribution is 2.47. The van der Waals surface area contributed by atoms with Crippen LogP contribution in [0.2, 0.25) is 10.0 Å². The van der Waals surface area contributed by atoms with Crippen LogP contribution >= 0.6 is 23.2 Å². The number of carbonyl (C=O) groups is 1. The molecule has 3 N–H and O–H groups in total. The fraction of sp³-hybridized carbons (Fsp3) is 0.458. The maximum absolute atomic E-state index is 11.7. The smallest absolute Gasteiger partial charge is 0.407 e. The molecule has 0 radical (unpaired) electrons. The highest BCUT2D eigenvalue weighted by atomic mass is 35.5. The van der Waals surface area contributed by atoms with E-state index >= 15 is 0 Å². The van der Waals surface area contributed by atoms with Gasteiger partial charge in [0.15, 0.2) is 0 Å².